The lowest BCUT2D eigenvalue weighted by Crippen LogP contribution is -2.48. The topological polar surface area (TPSA) is 52.5 Å². The monoisotopic (exact) mass is 205 g/mol. The fourth-order valence-corrected chi connectivity index (χ4v) is 2.76. The first-order valence-electron chi connectivity index (χ1n) is 4.87. The molecule has 1 heterocycles. The molecule has 78 valence electrons. The first kappa shape index (κ1) is 11.3. The number of hydrogen-bond donors (Lipinski definition) is 3. The fourth-order valence-electron chi connectivity index (χ4n) is 1.61. The molecule has 3 N–H and O–H groups in total. The minimum Gasteiger partial charge on any atom is -0.395 e. The van der Waals surface area contributed by atoms with E-state index in [-0.39, 0.29) is 19.3 Å². The standard InChI is InChI=1S/C9H19NO2S/c1-7-9(3-2-4-13-7)10-8(5-11)6-12/h7-12H,2-6H2,1H3. The van der Waals surface area contributed by atoms with E-state index in [2.05, 4.69) is 12.2 Å². The lowest BCUT2D eigenvalue weighted by molar-refractivity contribution is 0.159. The van der Waals surface area contributed by atoms with Crippen molar-refractivity contribution in [2.45, 2.75) is 37.1 Å². The van der Waals surface area contributed by atoms with Gasteiger partial charge in [-0.1, -0.05) is 6.92 Å². The third-order valence-electron chi connectivity index (χ3n) is 2.50. The molecule has 0 radical (unpaired) electrons. The Kier molecular flexibility index (Phi) is 5.09. The summed E-state index contributed by atoms with van der Waals surface area (Å²) in [6.07, 6.45) is 2.39. The molecule has 13 heavy (non-hydrogen) atoms. The van der Waals surface area contributed by atoms with Crippen molar-refractivity contribution in [3.05, 3.63) is 0 Å². The maximum atomic E-state index is 8.91. The van der Waals surface area contributed by atoms with Crippen LogP contribution in [0, 0.1) is 0 Å². The lowest BCUT2D eigenvalue weighted by Gasteiger charge is -2.31. The van der Waals surface area contributed by atoms with E-state index in [9.17, 15) is 0 Å². The molecule has 0 bridgehead atoms. The lowest BCUT2D eigenvalue weighted by atomic mass is 10.1. The van der Waals surface area contributed by atoms with Crippen molar-refractivity contribution in [3.63, 3.8) is 0 Å². The van der Waals surface area contributed by atoms with Crippen LogP contribution >= 0.6 is 11.8 Å². The normalized spacial score (nSPS) is 29.5. The second kappa shape index (κ2) is 5.86. The van der Waals surface area contributed by atoms with Crippen LogP contribution in [-0.2, 0) is 0 Å². The Morgan fingerprint density at radius 2 is 2.15 bits per heavy atom. The van der Waals surface area contributed by atoms with E-state index in [1.54, 1.807) is 0 Å². The zero-order valence-corrected chi connectivity index (χ0v) is 8.89. The highest BCUT2D eigenvalue weighted by molar-refractivity contribution is 7.99. The summed E-state index contributed by atoms with van der Waals surface area (Å²) in [4.78, 5) is 0. The number of thioether (sulfide) groups is 1. The highest BCUT2D eigenvalue weighted by atomic mass is 32.2. The molecule has 0 aromatic heterocycles. The Hall–Kier alpha value is 0.230. The molecule has 1 fully saturated rings. The fraction of sp³-hybridized carbons (Fsp3) is 1.00. The van der Waals surface area contributed by atoms with Gasteiger partial charge in [0, 0.05) is 11.3 Å². The SMILES string of the molecule is CC1SCCCC1NC(CO)CO. The third-order valence-corrected chi connectivity index (χ3v) is 3.88. The smallest absolute Gasteiger partial charge is 0.0607 e. The van der Waals surface area contributed by atoms with Crippen molar-refractivity contribution in [1.82, 2.24) is 5.32 Å². The van der Waals surface area contributed by atoms with Crippen LogP contribution in [0.3, 0.4) is 0 Å². The van der Waals surface area contributed by atoms with Crippen molar-refractivity contribution < 1.29 is 10.2 Å². The van der Waals surface area contributed by atoms with Gasteiger partial charge in [0.15, 0.2) is 0 Å². The van der Waals surface area contributed by atoms with Crippen molar-refractivity contribution in [3.8, 4) is 0 Å². The van der Waals surface area contributed by atoms with Crippen molar-refractivity contribution in [2.75, 3.05) is 19.0 Å². The van der Waals surface area contributed by atoms with Crippen LogP contribution < -0.4 is 5.32 Å². The molecule has 1 aliphatic heterocycles. The van der Waals surface area contributed by atoms with E-state index in [1.807, 2.05) is 11.8 Å². The van der Waals surface area contributed by atoms with Gasteiger partial charge in [-0.3, -0.25) is 0 Å². The van der Waals surface area contributed by atoms with Crippen LogP contribution in [0.25, 0.3) is 0 Å². The van der Waals surface area contributed by atoms with Crippen molar-refractivity contribution in [1.29, 1.82) is 0 Å². The molecule has 1 saturated heterocycles. The number of rotatable bonds is 4. The molecule has 2 atom stereocenters. The quantitative estimate of drug-likeness (QED) is 0.614. The van der Waals surface area contributed by atoms with Gasteiger partial charge < -0.3 is 15.5 Å². The van der Waals surface area contributed by atoms with Gasteiger partial charge in [0.2, 0.25) is 0 Å². The molecule has 1 aliphatic rings. The Labute approximate surface area is 83.9 Å². The van der Waals surface area contributed by atoms with E-state index in [1.165, 1.54) is 12.2 Å². The van der Waals surface area contributed by atoms with Gasteiger partial charge in [-0.2, -0.15) is 11.8 Å². The van der Waals surface area contributed by atoms with Gasteiger partial charge in [-0.25, -0.2) is 0 Å². The van der Waals surface area contributed by atoms with E-state index >= 15 is 0 Å². The number of nitrogens with one attached hydrogen (secondary N) is 1. The number of aliphatic hydroxyl groups is 2. The molecular weight excluding hydrogens is 186 g/mol. The molecule has 2 unspecified atom stereocenters. The number of hydrogen-bond acceptors (Lipinski definition) is 4. The molecule has 0 amide bonds. The minimum atomic E-state index is -0.147. The summed E-state index contributed by atoms with van der Waals surface area (Å²) in [6, 6.07) is 0.300. The van der Waals surface area contributed by atoms with Crippen LogP contribution in [0.5, 0.6) is 0 Å². The predicted molar refractivity (Wildman–Crippen MR) is 56.0 cm³/mol. The summed E-state index contributed by atoms with van der Waals surface area (Å²) in [6.45, 7) is 2.24. The molecule has 0 aromatic carbocycles. The summed E-state index contributed by atoms with van der Waals surface area (Å²) in [5.41, 5.74) is 0. The van der Waals surface area contributed by atoms with Gasteiger partial charge in [0.05, 0.1) is 19.3 Å². The largest absolute Gasteiger partial charge is 0.395 e. The zero-order valence-electron chi connectivity index (χ0n) is 8.07. The van der Waals surface area contributed by atoms with Gasteiger partial charge >= 0.3 is 0 Å². The highest BCUT2D eigenvalue weighted by Gasteiger charge is 2.23. The Balaban J connectivity index is 2.32. The van der Waals surface area contributed by atoms with Gasteiger partial charge in [-0.05, 0) is 18.6 Å². The molecule has 0 spiro atoms. The van der Waals surface area contributed by atoms with Crippen LogP contribution in [0.15, 0.2) is 0 Å². The molecule has 1 rings (SSSR count). The predicted octanol–water partition coefficient (Wildman–Crippen LogP) is 0.213. The summed E-state index contributed by atoms with van der Waals surface area (Å²) < 4.78 is 0. The minimum absolute atomic E-state index is 0.0182. The van der Waals surface area contributed by atoms with Gasteiger partial charge in [-0.15, -0.1) is 0 Å². The first-order chi connectivity index (χ1) is 6.27. The van der Waals surface area contributed by atoms with Crippen molar-refractivity contribution >= 4 is 11.8 Å². The maximum absolute atomic E-state index is 8.91. The maximum Gasteiger partial charge on any atom is 0.0607 e. The molecule has 0 aliphatic carbocycles. The molecule has 3 nitrogen and oxygen atoms in total. The summed E-state index contributed by atoms with van der Waals surface area (Å²) >= 11 is 1.96. The molecule has 0 saturated carbocycles. The van der Waals surface area contributed by atoms with E-state index < -0.39 is 0 Å². The third kappa shape index (κ3) is 3.46. The van der Waals surface area contributed by atoms with Crippen LogP contribution in [0.1, 0.15) is 19.8 Å². The Morgan fingerprint density at radius 1 is 1.46 bits per heavy atom. The average molecular weight is 205 g/mol. The summed E-state index contributed by atoms with van der Waals surface area (Å²) in [7, 11) is 0. The summed E-state index contributed by atoms with van der Waals surface area (Å²) in [5.74, 6) is 1.24. The van der Waals surface area contributed by atoms with Crippen LogP contribution in [0.2, 0.25) is 0 Å². The van der Waals surface area contributed by atoms with E-state index in [4.69, 9.17) is 10.2 Å². The molecule has 4 heteroatoms. The van der Waals surface area contributed by atoms with Crippen LogP contribution in [0.4, 0.5) is 0 Å². The molecule has 0 aromatic rings. The highest BCUT2D eigenvalue weighted by Crippen LogP contribution is 2.25. The summed E-state index contributed by atoms with van der Waals surface area (Å²) in [5, 5.41) is 21.7. The van der Waals surface area contributed by atoms with Crippen LogP contribution in [-0.4, -0.2) is 46.5 Å². The average Bonchev–Trinajstić information content (AvgIpc) is 2.17. The van der Waals surface area contributed by atoms with Crippen molar-refractivity contribution in [2.24, 2.45) is 0 Å². The molecular formula is C9H19NO2S. The zero-order chi connectivity index (χ0) is 9.68. The Morgan fingerprint density at radius 3 is 2.69 bits per heavy atom. The van der Waals surface area contributed by atoms with E-state index in [0.29, 0.717) is 11.3 Å². The van der Waals surface area contributed by atoms with Gasteiger partial charge in [0.25, 0.3) is 0 Å². The second-order valence-electron chi connectivity index (χ2n) is 3.55. The van der Waals surface area contributed by atoms with Gasteiger partial charge in [0.1, 0.15) is 0 Å². The Bertz CT molecular complexity index is 142. The second-order valence-corrected chi connectivity index (χ2v) is 5.04. The first-order valence-corrected chi connectivity index (χ1v) is 5.92. The van der Waals surface area contributed by atoms with E-state index in [0.717, 1.165) is 6.42 Å². The number of aliphatic hydroxyl groups excluding tert-OH is 2.